The van der Waals surface area contributed by atoms with Crippen LogP contribution in [0.4, 0.5) is 0 Å². The van der Waals surface area contributed by atoms with E-state index in [1.54, 1.807) is 24.3 Å². The first-order valence-corrected chi connectivity index (χ1v) is 12.1. The van der Waals surface area contributed by atoms with Crippen molar-refractivity contribution >= 4 is 40.1 Å². The van der Waals surface area contributed by atoms with Gasteiger partial charge in [0.25, 0.3) is 5.91 Å². The maximum Gasteiger partial charge on any atom is 0.251 e. The van der Waals surface area contributed by atoms with Gasteiger partial charge in [-0.05, 0) is 48.7 Å². The molecule has 1 aliphatic heterocycles. The van der Waals surface area contributed by atoms with E-state index in [-0.39, 0.29) is 33.2 Å². The fourth-order valence-electron chi connectivity index (χ4n) is 4.33. The second-order valence-corrected chi connectivity index (χ2v) is 9.51. The lowest BCUT2D eigenvalue weighted by Crippen LogP contribution is -2.34. The molecule has 0 saturated carbocycles. The molecule has 36 heavy (non-hydrogen) atoms. The standard InChI is InChI=1S/C29H21Cl2NO4/c1-16(11-17-5-3-2-4-6-17)32-29(35)19-9-7-18(8-10-19)28-20-12-22(30)24(33)14-26(20)36-27-15-25(34)23(31)13-21(27)28/h2-10,12-16,33H,11H2,1H3,(H,32,35). The van der Waals surface area contributed by atoms with Crippen molar-refractivity contribution in [3.8, 4) is 28.2 Å². The number of hydrogen-bond acceptors (Lipinski definition) is 4. The smallest absolute Gasteiger partial charge is 0.251 e. The van der Waals surface area contributed by atoms with Crippen LogP contribution >= 0.6 is 23.2 Å². The zero-order chi connectivity index (χ0) is 25.4. The van der Waals surface area contributed by atoms with Crippen molar-refractivity contribution in [2.45, 2.75) is 19.4 Å². The largest absolute Gasteiger partial charge is 0.506 e. The van der Waals surface area contributed by atoms with E-state index in [4.69, 9.17) is 27.6 Å². The van der Waals surface area contributed by atoms with Crippen LogP contribution in [0.2, 0.25) is 10.0 Å². The lowest BCUT2D eigenvalue weighted by atomic mass is 9.93. The minimum atomic E-state index is -0.368. The first-order valence-electron chi connectivity index (χ1n) is 11.3. The van der Waals surface area contributed by atoms with Crippen LogP contribution in [-0.2, 0) is 6.42 Å². The Morgan fingerprint density at radius 1 is 0.972 bits per heavy atom. The Hall–Kier alpha value is -3.80. The van der Waals surface area contributed by atoms with E-state index in [9.17, 15) is 14.7 Å². The Bertz CT molecular complexity index is 1610. The van der Waals surface area contributed by atoms with Crippen LogP contribution in [0.5, 0.6) is 5.75 Å². The number of carbonyl (C=O) groups excluding carboxylic acids is 1. The van der Waals surface area contributed by atoms with Crippen molar-refractivity contribution in [2.24, 2.45) is 0 Å². The monoisotopic (exact) mass is 517 g/mol. The summed E-state index contributed by atoms with van der Waals surface area (Å²) in [5.41, 5.74) is 3.76. The maximum atomic E-state index is 12.9. The molecular formula is C29H21Cl2NO4. The number of hydrogen-bond donors (Lipinski definition) is 2. The number of nitrogens with one attached hydrogen (secondary N) is 1. The summed E-state index contributed by atoms with van der Waals surface area (Å²) in [7, 11) is 0. The van der Waals surface area contributed by atoms with Crippen LogP contribution < -0.4 is 10.7 Å². The molecule has 180 valence electrons. The van der Waals surface area contributed by atoms with Crippen LogP contribution in [-0.4, -0.2) is 17.1 Å². The molecule has 1 atom stereocenters. The van der Waals surface area contributed by atoms with Gasteiger partial charge in [-0.25, -0.2) is 0 Å². The van der Waals surface area contributed by atoms with Gasteiger partial charge in [0, 0.05) is 40.3 Å². The van der Waals surface area contributed by atoms with E-state index in [0.717, 1.165) is 23.1 Å². The van der Waals surface area contributed by atoms with Gasteiger partial charge in [-0.2, -0.15) is 0 Å². The van der Waals surface area contributed by atoms with Crippen LogP contribution in [0.1, 0.15) is 22.8 Å². The number of phenolic OH excluding ortho intramolecular Hbond substituents is 1. The van der Waals surface area contributed by atoms with Gasteiger partial charge in [0.2, 0.25) is 5.43 Å². The molecule has 0 fully saturated rings. The molecule has 1 aliphatic carbocycles. The summed E-state index contributed by atoms with van der Waals surface area (Å²) in [4.78, 5) is 25.0. The highest BCUT2D eigenvalue weighted by molar-refractivity contribution is 6.33. The summed E-state index contributed by atoms with van der Waals surface area (Å²) in [6.07, 6.45) is 0.728. The van der Waals surface area contributed by atoms with Crippen molar-refractivity contribution in [3.63, 3.8) is 0 Å². The van der Waals surface area contributed by atoms with Crippen molar-refractivity contribution in [2.75, 3.05) is 0 Å². The minimum Gasteiger partial charge on any atom is -0.506 e. The molecule has 2 aliphatic rings. The highest BCUT2D eigenvalue weighted by atomic mass is 35.5. The summed E-state index contributed by atoms with van der Waals surface area (Å²) in [6.45, 7) is 1.97. The number of carbonyl (C=O) groups is 1. The van der Waals surface area contributed by atoms with E-state index in [2.05, 4.69) is 5.32 Å². The second-order valence-electron chi connectivity index (χ2n) is 8.70. The van der Waals surface area contributed by atoms with Gasteiger partial charge >= 0.3 is 0 Å². The van der Waals surface area contributed by atoms with Crippen LogP contribution in [0, 0.1) is 0 Å². The maximum absolute atomic E-state index is 12.9. The van der Waals surface area contributed by atoms with Crippen LogP contribution in [0.25, 0.3) is 33.4 Å². The molecular weight excluding hydrogens is 497 g/mol. The van der Waals surface area contributed by atoms with Gasteiger partial charge in [0.15, 0.2) is 0 Å². The van der Waals surface area contributed by atoms with Gasteiger partial charge in [0.05, 0.1) is 10.0 Å². The Kier molecular flexibility index (Phi) is 6.44. The SMILES string of the molecule is CC(Cc1ccccc1)NC(=O)c1ccc(-c2c3cc(Cl)c(=O)cc-3oc3cc(O)c(Cl)cc23)cc1. The molecule has 2 N–H and O–H groups in total. The Balaban J connectivity index is 1.51. The molecule has 0 spiro atoms. The summed E-state index contributed by atoms with van der Waals surface area (Å²) in [5.74, 6) is 0.0196. The first kappa shape index (κ1) is 23.9. The molecule has 0 aromatic heterocycles. The van der Waals surface area contributed by atoms with Crippen LogP contribution in [0.15, 0.2) is 88.1 Å². The highest BCUT2D eigenvalue weighted by Crippen LogP contribution is 2.43. The zero-order valence-electron chi connectivity index (χ0n) is 19.2. The van der Waals surface area contributed by atoms with E-state index in [1.807, 2.05) is 49.4 Å². The number of fused-ring (bicyclic) bond motifs is 2. The average Bonchev–Trinajstić information content (AvgIpc) is 2.85. The van der Waals surface area contributed by atoms with Gasteiger partial charge in [0.1, 0.15) is 17.1 Å². The molecule has 3 aromatic rings. The number of benzene rings is 4. The van der Waals surface area contributed by atoms with Crippen molar-refractivity contribution in [1.82, 2.24) is 5.32 Å². The van der Waals surface area contributed by atoms with Crippen molar-refractivity contribution < 1.29 is 14.3 Å². The second kappa shape index (κ2) is 9.69. The number of phenols is 1. The number of aromatic hydroxyl groups is 1. The molecule has 5 rings (SSSR count). The topological polar surface area (TPSA) is 79.5 Å². The minimum absolute atomic E-state index is 0.0403. The summed E-state index contributed by atoms with van der Waals surface area (Å²) < 4.78 is 5.89. The third-order valence-electron chi connectivity index (χ3n) is 6.04. The van der Waals surface area contributed by atoms with Gasteiger partial charge in [-0.15, -0.1) is 0 Å². The van der Waals surface area contributed by atoms with Crippen molar-refractivity contribution in [3.05, 3.63) is 110 Å². The molecule has 0 saturated heterocycles. The van der Waals surface area contributed by atoms with Gasteiger partial charge < -0.3 is 14.8 Å². The molecule has 3 aromatic carbocycles. The summed E-state index contributed by atoms with van der Waals surface area (Å²) >= 11 is 12.4. The Morgan fingerprint density at radius 2 is 1.69 bits per heavy atom. The molecule has 7 heteroatoms. The lowest BCUT2D eigenvalue weighted by Gasteiger charge is -2.17. The quantitative estimate of drug-likeness (QED) is 0.247. The lowest BCUT2D eigenvalue weighted by molar-refractivity contribution is 0.0940. The normalized spacial score (nSPS) is 12.1. The fraction of sp³-hybridized carbons (Fsp3) is 0.103. The first-order chi connectivity index (χ1) is 17.3. The third kappa shape index (κ3) is 4.68. The zero-order valence-corrected chi connectivity index (χ0v) is 20.7. The molecule has 5 nitrogen and oxygen atoms in total. The highest BCUT2D eigenvalue weighted by Gasteiger charge is 2.21. The number of rotatable bonds is 5. The van der Waals surface area contributed by atoms with Gasteiger partial charge in [-0.1, -0.05) is 65.7 Å². The molecule has 1 heterocycles. The average molecular weight is 518 g/mol. The summed E-state index contributed by atoms with van der Waals surface area (Å²) in [6, 6.07) is 23.0. The number of amides is 1. The molecule has 1 unspecified atom stereocenters. The van der Waals surface area contributed by atoms with Crippen LogP contribution in [0.3, 0.4) is 0 Å². The van der Waals surface area contributed by atoms with E-state index in [0.29, 0.717) is 27.9 Å². The fourth-order valence-corrected chi connectivity index (χ4v) is 4.65. The molecule has 1 amide bonds. The number of halogens is 2. The van der Waals surface area contributed by atoms with E-state index in [1.165, 1.54) is 12.1 Å². The molecule has 0 radical (unpaired) electrons. The van der Waals surface area contributed by atoms with Crippen molar-refractivity contribution in [1.29, 1.82) is 0 Å². The third-order valence-corrected chi connectivity index (χ3v) is 6.64. The Labute approximate surface area is 217 Å². The van der Waals surface area contributed by atoms with Gasteiger partial charge in [-0.3, -0.25) is 9.59 Å². The van der Waals surface area contributed by atoms with E-state index >= 15 is 0 Å². The summed E-state index contributed by atoms with van der Waals surface area (Å²) in [5, 5.41) is 14.0. The Morgan fingerprint density at radius 3 is 2.42 bits per heavy atom. The predicted octanol–water partition coefficient (Wildman–Crippen LogP) is 6.94. The van der Waals surface area contributed by atoms with E-state index < -0.39 is 0 Å². The predicted molar refractivity (Wildman–Crippen MR) is 143 cm³/mol. The molecule has 0 bridgehead atoms.